The second-order valence-electron chi connectivity index (χ2n) is 4.23. The quantitative estimate of drug-likeness (QED) is 0.866. The van der Waals surface area contributed by atoms with Crippen molar-refractivity contribution in [2.24, 2.45) is 5.92 Å². The SMILES string of the molecule is Cl.O=C(NCCC1CCCNC1)c1ccco1. The van der Waals surface area contributed by atoms with Gasteiger partial charge in [0.2, 0.25) is 0 Å². The van der Waals surface area contributed by atoms with Crippen LogP contribution in [0.5, 0.6) is 0 Å². The molecule has 1 unspecified atom stereocenters. The number of hydrogen-bond acceptors (Lipinski definition) is 3. The van der Waals surface area contributed by atoms with Crippen LogP contribution in [0.2, 0.25) is 0 Å². The van der Waals surface area contributed by atoms with Crippen LogP contribution in [-0.4, -0.2) is 25.5 Å². The fourth-order valence-electron chi connectivity index (χ4n) is 2.06. The van der Waals surface area contributed by atoms with Crippen molar-refractivity contribution >= 4 is 18.3 Å². The maximum atomic E-state index is 11.5. The van der Waals surface area contributed by atoms with Crippen molar-refractivity contribution in [3.8, 4) is 0 Å². The van der Waals surface area contributed by atoms with Gasteiger partial charge in [-0.1, -0.05) is 0 Å². The van der Waals surface area contributed by atoms with Gasteiger partial charge in [-0.3, -0.25) is 4.79 Å². The van der Waals surface area contributed by atoms with Crippen molar-refractivity contribution in [2.45, 2.75) is 19.3 Å². The first-order valence-corrected chi connectivity index (χ1v) is 5.88. The average Bonchev–Trinajstić information content (AvgIpc) is 2.84. The van der Waals surface area contributed by atoms with Crippen molar-refractivity contribution < 1.29 is 9.21 Å². The molecule has 1 amide bonds. The molecular weight excluding hydrogens is 240 g/mol. The Bertz CT molecular complexity index is 321. The topological polar surface area (TPSA) is 54.3 Å². The van der Waals surface area contributed by atoms with Crippen LogP contribution in [0.1, 0.15) is 29.8 Å². The number of rotatable bonds is 4. The summed E-state index contributed by atoms with van der Waals surface area (Å²) in [5, 5.41) is 6.24. The van der Waals surface area contributed by atoms with Crippen LogP contribution in [0, 0.1) is 5.92 Å². The predicted molar refractivity (Wildman–Crippen MR) is 68.5 cm³/mol. The van der Waals surface area contributed by atoms with Crippen molar-refractivity contribution in [3.63, 3.8) is 0 Å². The lowest BCUT2D eigenvalue weighted by molar-refractivity contribution is 0.0923. The van der Waals surface area contributed by atoms with E-state index in [-0.39, 0.29) is 18.3 Å². The molecule has 4 nitrogen and oxygen atoms in total. The molecule has 0 aliphatic carbocycles. The van der Waals surface area contributed by atoms with Crippen LogP contribution in [0.4, 0.5) is 0 Å². The van der Waals surface area contributed by atoms with Gasteiger partial charge in [0.25, 0.3) is 5.91 Å². The van der Waals surface area contributed by atoms with Crippen LogP contribution in [0.3, 0.4) is 0 Å². The number of furan rings is 1. The smallest absolute Gasteiger partial charge is 0.286 e. The Kier molecular flexibility index (Phi) is 6.08. The molecule has 1 aromatic heterocycles. The zero-order valence-corrected chi connectivity index (χ0v) is 10.6. The Hall–Kier alpha value is -1.00. The van der Waals surface area contributed by atoms with Gasteiger partial charge in [-0.25, -0.2) is 0 Å². The van der Waals surface area contributed by atoms with Gasteiger partial charge in [0.1, 0.15) is 0 Å². The van der Waals surface area contributed by atoms with Gasteiger partial charge in [0.05, 0.1) is 6.26 Å². The van der Waals surface area contributed by atoms with Gasteiger partial charge in [-0.15, -0.1) is 12.4 Å². The molecule has 2 N–H and O–H groups in total. The van der Waals surface area contributed by atoms with Gasteiger partial charge in [-0.2, -0.15) is 0 Å². The molecule has 1 aliphatic heterocycles. The van der Waals surface area contributed by atoms with E-state index < -0.39 is 0 Å². The van der Waals surface area contributed by atoms with E-state index in [2.05, 4.69) is 10.6 Å². The minimum absolute atomic E-state index is 0. The normalized spacial score (nSPS) is 19.4. The minimum atomic E-state index is -0.117. The van der Waals surface area contributed by atoms with E-state index >= 15 is 0 Å². The minimum Gasteiger partial charge on any atom is -0.459 e. The van der Waals surface area contributed by atoms with Crippen LogP contribution < -0.4 is 10.6 Å². The van der Waals surface area contributed by atoms with E-state index in [1.807, 2.05) is 0 Å². The lowest BCUT2D eigenvalue weighted by Crippen LogP contribution is -2.33. The van der Waals surface area contributed by atoms with Crippen LogP contribution >= 0.6 is 12.4 Å². The molecule has 1 aliphatic rings. The number of piperidine rings is 1. The lowest BCUT2D eigenvalue weighted by Gasteiger charge is -2.22. The molecule has 1 fully saturated rings. The van der Waals surface area contributed by atoms with Crippen molar-refractivity contribution in [2.75, 3.05) is 19.6 Å². The first-order chi connectivity index (χ1) is 7.86. The highest BCUT2D eigenvalue weighted by atomic mass is 35.5. The molecule has 96 valence electrons. The molecule has 0 saturated carbocycles. The standard InChI is InChI=1S/C12H18N2O2.ClH/c15-12(11-4-2-8-16-11)14-7-5-10-3-1-6-13-9-10;/h2,4,8,10,13H,1,3,5-7,9H2,(H,14,15);1H. The third-order valence-electron chi connectivity index (χ3n) is 2.98. The summed E-state index contributed by atoms with van der Waals surface area (Å²) in [6.45, 7) is 2.94. The highest BCUT2D eigenvalue weighted by molar-refractivity contribution is 5.91. The fourth-order valence-corrected chi connectivity index (χ4v) is 2.06. The zero-order chi connectivity index (χ0) is 11.2. The summed E-state index contributed by atoms with van der Waals surface area (Å²) < 4.78 is 5.01. The predicted octanol–water partition coefficient (Wildman–Crippen LogP) is 1.82. The Morgan fingerprint density at radius 2 is 2.47 bits per heavy atom. The van der Waals surface area contributed by atoms with Gasteiger partial charge >= 0.3 is 0 Å². The summed E-state index contributed by atoms with van der Waals surface area (Å²) in [4.78, 5) is 11.5. The van der Waals surface area contributed by atoms with E-state index in [1.165, 1.54) is 19.1 Å². The largest absolute Gasteiger partial charge is 0.459 e. The Labute approximate surface area is 108 Å². The van der Waals surface area contributed by atoms with Crippen molar-refractivity contribution in [3.05, 3.63) is 24.2 Å². The first-order valence-electron chi connectivity index (χ1n) is 5.88. The molecule has 17 heavy (non-hydrogen) atoms. The van der Waals surface area contributed by atoms with Gasteiger partial charge in [-0.05, 0) is 50.4 Å². The average molecular weight is 259 g/mol. The van der Waals surface area contributed by atoms with Crippen molar-refractivity contribution in [1.29, 1.82) is 0 Å². The van der Waals surface area contributed by atoms with Gasteiger partial charge in [0.15, 0.2) is 5.76 Å². The summed E-state index contributed by atoms with van der Waals surface area (Å²) in [5.74, 6) is 0.973. The highest BCUT2D eigenvalue weighted by Gasteiger charge is 2.13. The summed E-state index contributed by atoms with van der Waals surface area (Å²) >= 11 is 0. The number of carbonyl (C=O) groups excluding carboxylic acids is 1. The van der Waals surface area contributed by atoms with E-state index in [1.54, 1.807) is 12.1 Å². The Balaban J connectivity index is 0.00000144. The maximum absolute atomic E-state index is 11.5. The summed E-state index contributed by atoms with van der Waals surface area (Å²) in [6, 6.07) is 3.40. The third kappa shape index (κ3) is 4.40. The molecule has 0 spiro atoms. The maximum Gasteiger partial charge on any atom is 0.286 e. The number of amides is 1. The summed E-state index contributed by atoms with van der Waals surface area (Å²) in [6.07, 6.45) is 5.07. The second kappa shape index (κ2) is 7.35. The van der Waals surface area contributed by atoms with Gasteiger partial charge in [0, 0.05) is 6.54 Å². The van der Waals surface area contributed by atoms with E-state index in [0.29, 0.717) is 11.7 Å². The van der Waals surface area contributed by atoms with Gasteiger partial charge < -0.3 is 15.1 Å². The molecule has 2 rings (SSSR count). The molecule has 2 heterocycles. The lowest BCUT2D eigenvalue weighted by atomic mass is 9.96. The molecule has 1 aromatic rings. The summed E-state index contributed by atoms with van der Waals surface area (Å²) in [7, 11) is 0. The van der Waals surface area contributed by atoms with Crippen LogP contribution in [-0.2, 0) is 0 Å². The Morgan fingerprint density at radius 1 is 1.59 bits per heavy atom. The molecule has 1 atom stereocenters. The number of nitrogens with one attached hydrogen (secondary N) is 2. The number of hydrogen-bond donors (Lipinski definition) is 2. The molecule has 5 heteroatoms. The van der Waals surface area contributed by atoms with E-state index in [9.17, 15) is 4.79 Å². The summed E-state index contributed by atoms with van der Waals surface area (Å²) in [5.41, 5.74) is 0. The van der Waals surface area contributed by atoms with Crippen LogP contribution in [0.15, 0.2) is 22.8 Å². The zero-order valence-electron chi connectivity index (χ0n) is 9.78. The Morgan fingerprint density at radius 3 is 3.12 bits per heavy atom. The second-order valence-corrected chi connectivity index (χ2v) is 4.23. The molecular formula is C12H19ClN2O2. The number of carbonyl (C=O) groups is 1. The molecule has 1 saturated heterocycles. The molecule has 0 bridgehead atoms. The number of halogens is 1. The van der Waals surface area contributed by atoms with Crippen molar-refractivity contribution in [1.82, 2.24) is 10.6 Å². The van der Waals surface area contributed by atoms with Crippen LogP contribution in [0.25, 0.3) is 0 Å². The third-order valence-corrected chi connectivity index (χ3v) is 2.98. The van der Waals surface area contributed by atoms with E-state index in [0.717, 1.165) is 26.1 Å². The fraction of sp³-hybridized carbons (Fsp3) is 0.583. The molecule has 0 radical (unpaired) electrons. The van der Waals surface area contributed by atoms with E-state index in [4.69, 9.17) is 4.42 Å². The monoisotopic (exact) mass is 258 g/mol. The first kappa shape index (κ1) is 14.1. The molecule has 0 aromatic carbocycles. The highest BCUT2D eigenvalue weighted by Crippen LogP contribution is 2.12.